The number of aliphatic carboxylic acids is 4. The van der Waals surface area contributed by atoms with Crippen LogP contribution < -0.4 is 20.4 Å². The van der Waals surface area contributed by atoms with Crippen LogP contribution in [0.15, 0.2) is 97.6 Å². The first-order valence-corrected chi connectivity index (χ1v) is 15.6. The molecule has 16 nitrogen and oxygen atoms in total. The maximum absolute atomic E-state index is 10.4. The topological polar surface area (TPSA) is 341 Å². The molecule has 4 aromatic rings. The van der Waals surface area contributed by atoms with E-state index in [0.717, 1.165) is 22.8 Å². The molecular formula is C36H46Co2N4O12+2. The number of aromatic nitrogens is 4. The SMILES string of the molecule is O.O.O=C([O-])C1CCC(C(=O)[O-])CC1.O=C([O-])C1CCC(C(=O)[O-])CC1.[Co+2].[Co+2].[OH3+].[OH3+].c1ccc(-c2ccccn2)nc1.c1ccc(-c2ccccn2)nc1. The Hall–Kier alpha value is -4.67. The number of hydrogen-bond acceptors (Lipinski definition) is 12. The number of hydrogen-bond donors (Lipinski definition) is 0. The molecule has 0 saturated heterocycles. The van der Waals surface area contributed by atoms with Gasteiger partial charge in [0.1, 0.15) is 0 Å². The van der Waals surface area contributed by atoms with E-state index < -0.39 is 47.5 Å². The molecule has 0 aromatic carbocycles. The Kier molecular flexibility index (Phi) is 31.9. The zero-order valence-corrected chi connectivity index (χ0v) is 31.2. The molecule has 2 saturated carbocycles. The molecule has 54 heavy (non-hydrogen) atoms. The van der Waals surface area contributed by atoms with Crippen LogP contribution in [0.3, 0.4) is 0 Å². The molecule has 2 fully saturated rings. The van der Waals surface area contributed by atoms with E-state index in [4.69, 9.17) is 0 Å². The fourth-order valence-electron chi connectivity index (χ4n) is 5.19. The molecule has 0 aliphatic heterocycles. The maximum atomic E-state index is 10.4. The van der Waals surface area contributed by atoms with Crippen LogP contribution in [-0.2, 0) is 63.7 Å². The molecule has 0 bridgehead atoms. The van der Waals surface area contributed by atoms with E-state index in [-0.39, 0.29) is 55.5 Å². The number of rotatable bonds is 6. The number of carboxylic acid groups (broad SMARTS) is 4. The molecule has 0 atom stereocenters. The van der Waals surface area contributed by atoms with Crippen molar-refractivity contribution in [1.29, 1.82) is 0 Å². The van der Waals surface area contributed by atoms with Crippen LogP contribution in [0.25, 0.3) is 22.8 Å². The summed E-state index contributed by atoms with van der Waals surface area (Å²) in [5, 5.41) is 41.4. The van der Waals surface area contributed by atoms with Gasteiger partial charge in [0.15, 0.2) is 0 Å². The van der Waals surface area contributed by atoms with E-state index in [1.54, 1.807) is 24.8 Å². The predicted octanol–water partition coefficient (Wildman–Crippen LogP) is -2.63. The molecule has 18 heteroatoms. The van der Waals surface area contributed by atoms with E-state index in [1.165, 1.54) is 0 Å². The van der Waals surface area contributed by atoms with Gasteiger partial charge in [-0.2, -0.15) is 0 Å². The van der Waals surface area contributed by atoms with Crippen molar-refractivity contribution in [3.05, 3.63) is 97.6 Å². The van der Waals surface area contributed by atoms with Crippen LogP contribution in [0.2, 0.25) is 0 Å². The summed E-state index contributed by atoms with van der Waals surface area (Å²) in [5.41, 5.74) is 3.66. The van der Waals surface area contributed by atoms with Gasteiger partial charge in [0, 0.05) is 48.7 Å². The van der Waals surface area contributed by atoms with Crippen LogP contribution in [0.5, 0.6) is 0 Å². The third-order valence-corrected chi connectivity index (χ3v) is 7.97. The van der Waals surface area contributed by atoms with Crippen LogP contribution in [0.1, 0.15) is 51.4 Å². The van der Waals surface area contributed by atoms with Crippen molar-refractivity contribution in [3.63, 3.8) is 0 Å². The first-order valence-electron chi connectivity index (χ1n) is 15.6. The molecule has 298 valence electrons. The Morgan fingerprint density at radius 3 is 0.667 bits per heavy atom. The van der Waals surface area contributed by atoms with E-state index >= 15 is 0 Å². The first kappa shape index (κ1) is 56.1. The van der Waals surface area contributed by atoms with Gasteiger partial charge in [-0.15, -0.1) is 0 Å². The smallest absolute Gasteiger partial charge is 0.550 e. The number of nitrogens with zero attached hydrogens (tertiary/aromatic N) is 4. The fraction of sp³-hybridized carbons (Fsp3) is 0.333. The van der Waals surface area contributed by atoms with Gasteiger partial charge < -0.3 is 61.5 Å². The minimum absolute atomic E-state index is 0. The summed E-state index contributed by atoms with van der Waals surface area (Å²) in [6.45, 7) is 0. The zero-order chi connectivity index (χ0) is 34.7. The molecule has 0 spiro atoms. The van der Waals surface area contributed by atoms with Gasteiger partial charge in [0.05, 0.1) is 22.8 Å². The Balaban J connectivity index is -0.000000298. The molecule has 10 N–H and O–H groups in total. The quantitative estimate of drug-likeness (QED) is 0.180. The van der Waals surface area contributed by atoms with Crippen molar-refractivity contribution in [3.8, 4) is 22.8 Å². The van der Waals surface area contributed by atoms with Gasteiger partial charge in [-0.25, -0.2) is 0 Å². The summed E-state index contributed by atoms with van der Waals surface area (Å²) in [5.74, 6) is -6.08. The Labute approximate surface area is 333 Å². The largest absolute Gasteiger partial charge is 2.00 e. The summed E-state index contributed by atoms with van der Waals surface area (Å²) in [6.07, 6.45) is 10.3. The summed E-state index contributed by atoms with van der Waals surface area (Å²) >= 11 is 0. The first-order chi connectivity index (χ1) is 23.2. The van der Waals surface area contributed by atoms with Crippen LogP contribution in [0, 0.1) is 23.7 Å². The minimum atomic E-state index is -1.06. The fourth-order valence-corrected chi connectivity index (χ4v) is 5.19. The molecular weight excluding hydrogens is 798 g/mol. The number of carbonyl (C=O) groups is 4. The third-order valence-electron chi connectivity index (χ3n) is 7.97. The molecule has 0 unspecified atom stereocenters. The van der Waals surface area contributed by atoms with Gasteiger partial charge in [-0.1, -0.05) is 24.3 Å². The number of carbonyl (C=O) groups excluding carboxylic acids is 4. The molecule has 6 rings (SSSR count). The normalized spacial score (nSPS) is 17.5. The summed E-state index contributed by atoms with van der Waals surface area (Å²) in [6, 6.07) is 23.2. The second kappa shape index (κ2) is 30.8. The van der Waals surface area contributed by atoms with Gasteiger partial charge in [0.25, 0.3) is 0 Å². The van der Waals surface area contributed by atoms with E-state index in [0.29, 0.717) is 51.4 Å². The van der Waals surface area contributed by atoms with Gasteiger partial charge in [0.2, 0.25) is 0 Å². The van der Waals surface area contributed by atoms with E-state index in [1.807, 2.05) is 72.8 Å². The van der Waals surface area contributed by atoms with Crippen LogP contribution in [0.4, 0.5) is 0 Å². The van der Waals surface area contributed by atoms with E-state index in [9.17, 15) is 39.6 Å². The van der Waals surface area contributed by atoms with Gasteiger partial charge in [-0.05, 0) is 124 Å². The van der Waals surface area contributed by atoms with Crippen molar-refractivity contribution in [2.75, 3.05) is 0 Å². The number of carboxylic acids is 4. The summed E-state index contributed by atoms with van der Waals surface area (Å²) in [4.78, 5) is 58.2. The average Bonchev–Trinajstić information content (AvgIpc) is 3.14. The third kappa shape index (κ3) is 20.0. The molecule has 2 radical (unpaired) electrons. The van der Waals surface area contributed by atoms with E-state index in [2.05, 4.69) is 19.9 Å². The van der Waals surface area contributed by atoms with Gasteiger partial charge >= 0.3 is 33.6 Å². The molecule has 2 aliphatic rings. The van der Waals surface area contributed by atoms with Crippen LogP contribution >= 0.6 is 0 Å². The standard InChI is InChI=1S/2C10H8N2.2C8H12O4.2Co.4H2O/c2*1-3-7-11-9(5-1)10-6-2-4-8-12-10;2*9-7(10)5-1-2-6(4-3-5)8(11)12;;;;;;/h2*1-8H;2*5-6H,1-4H2,(H,9,10)(H,11,12);;;4*1H2/q;;;;2*+2;;;;/p-2. The van der Waals surface area contributed by atoms with Crippen molar-refractivity contribution in [1.82, 2.24) is 19.9 Å². The molecule has 4 heterocycles. The predicted molar refractivity (Wildman–Crippen MR) is 183 cm³/mol. The number of pyridine rings is 4. The molecule has 4 aromatic heterocycles. The monoisotopic (exact) mass is 844 g/mol. The maximum Gasteiger partial charge on any atom is 2.00 e. The Morgan fingerprint density at radius 1 is 0.389 bits per heavy atom. The zero-order valence-electron chi connectivity index (χ0n) is 29.1. The summed E-state index contributed by atoms with van der Waals surface area (Å²) in [7, 11) is 0. The Bertz CT molecular complexity index is 1330. The van der Waals surface area contributed by atoms with Crippen molar-refractivity contribution in [2.45, 2.75) is 51.4 Å². The molecule has 0 amide bonds. The van der Waals surface area contributed by atoms with Crippen molar-refractivity contribution < 1.29 is 95.1 Å². The van der Waals surface area contributed by atoms with Gasteiger partial charge in [-0.3, -0.25) is 19.9 Å². The second-order valence-corrected chi connectivity index (χ2v) is 11.2. The second-order valence-electron chi connectivity index (χ2n) is 11.2. The van der Waals surface area contributed by atoms with Crippen LogP contribution in [-0.4, -0.2) is 54.8 Å². The molecule has 2 aliphatic carbocycles. The summed E-state index contributed by atoms with van der Waals surface area (Å²) < 4.78 is 0. The van der Waals surface area contributed by atoms with Crippen molar-refractivity contribution >= 4 is 23.9 Å². The Morgan fingerprint density at radius 2 is 0.556 bits per heavy atom. The van der Waals surface area contributed by atoms with Crippen molar-refractivity contribution in [2.24, 2.45) is 23.7 Å². The minimum Gasteiger partial charge on any atom is -0.550 e. The average molecular weight is 845 g/mol.